The van der Waals surface area contributed by atoms with Crippen molar-refractivity contribution < 1.29 is 4.79 Å². The Balaban J connectivity index is 2.15. The SMILES string of the molecule is Cc1ccc(C)c(CC2CCC(=O)C2C)c1. The maximum absolute atomic E-state index is 11.5. The van der Waals surface area contributed by atoms with Crippen molar-refractivity contribution in [1.82, 2.24) is 0 Å². The highest BCUT2D eigenvalue weighted by Gasteiger charge is 2.30. The lowest BCUT2D eigenvalue weighted by Crippen LogP contribution is -2.13. The number of hydrogen-bond donors (Lipinski definition) is 0. The first-order valence-corrected chi connectivity index (χ1v) is 6.17. The second-order valence-electron chi connectivity index (χ2n) is 5.19. The van der Waals surface area contributed by atoms with Crippen LogP contribution in [0.2, 0.25) is 0 Å². The topological polar surface area (TPSA) is 17.1 Å². The zero-order valence-corrected chi connectivity index (χ0v) is 10.4. The Morgan fingerprint density at radius 3 is 2.69 bits per heavy atom. The molecule has 1 aromatic rings. The third kappa shape index (κ3) is 2.18. The molecule has 0 amide bonds. The van der Waals surface area contributed by atoms with Crippen LogP contribution in [0.25, 0.3) is 0 Å². The van der Waals surface area contributed by atoms with Crippen molar-refractivity contribution in [2.45, 2.75) is 40.0 Å². The Hall–Kier alpha value is -1.11. The number of rotatable bonds is 2. The molecule has 1 nitrogen and oxygen atoms in total. The van der Waals surface area contributed by atoms with E-state index in [2.05, 4.69) is 39.0 Å². The number of Topliss-reactive ketones (excluding diaryl/α,β-unsaturated/α-hetero) is 1. The molecule has 2 rings (SSSR count). The Bertz CT molecular complexity index is 406. The third-order valence-corrected chi connectivity index (χ3v) is 3.96. The van der Waals surface area contributed by atoms with E-state index in [0.29, 0.717) is 11.7 Å². The second kappa shape index (κ2) is 4.40. The summed E-state index contributed by atoms with van der Waals surface area (Å²) < 4.78 is 0. The van der Waals surface area contributed by atoms with Crippen molar-refractivity contribution in [1.29, 1.82) is 0 Å². The van der Waals surface area contributed by atoms with Gasteiger partial charge in [-0.05, 0) is 43.7 Å². The van der Waals surface area contributed by atoms with E-state index >= 15 is 0 Å². The van der Waals surface area contributed by atoms with Gasteiger partial charge in [0.25, 0.3) is 0 Å². The van der Waals surface area contributed by atoms with E-state index in [1.807, 2.05) is 0 Å². The zero-order valence-electron chi connectivity index (χ0n) is 10.4. The van der Waals surface area contributed by atoms with Crippen LogP contribution in [0.3, 0.4) is 0 Å². The van der Waals surface area contributed by atoms with Crippen LogP contribution < -0.4 is 0 Å². The predicted molar refractivity (Wildman–Crippen MR) is 66.5 cm³/mol. The number of hydrogen-bond acceptors (Lipinski definition) is 1. The maximum Gasteiger partial charge on any atom is 0.135 e. The summed E-state index contributed by atoms with van der Waals surface area (Å²) in [6.07, 6.45) is 2.94. The monoisotopic (exact) mass is 216 g/mol. The van der Waals surface area contributed by atoms with Crippen molar-refractivity contribution >= 4 is 5.78 Å². The molecule has 0 heterocycles. The van der Waals surface area contributed by atoms with Crippen LogP contribution >= 0.6 is 0 Å². The van der Waals surface area contributed by atoms with E-state index in [4.69, 9.17) is 0 Å². The first-order chi connectivity index (χ1) is 7.58. The van der Waals surface area contributed by atoms with Gasteiger partial charge >= 0.3 is 0 Å². The highest BCUT2D eigenvalue weighted by atomic mass is 16.1. The summed E-state index contributed by atoms with van der Waals surface area (Å²) in [5.41, 5.74) is 4.10. The minimum absolute atomic E-state index is 0.264. The summed E-state index contributed by atoms with van der Waals surface area (Å²) in [5.74, 6) is 1.28. The fraction of sp³-hybridized carbons (Fsp3) is 0.533. The first-order valence-electron chi connectivity index (χ1n) is 6.17. The molecule has 2 unspecified atom stereocenters. The Morgan fingerprint density at radius 1 is 1.31 bits per heavy atom. The summed E-state index contributed by atoms with van der Waals surface area (Å²) in [4.78, 5) is 11.5. The van der Waals surface area contributed by atoms with Gasteiger partial charge < -0.3 is 0 Å². The fourth-order valence-electron chi connectivity index (χ4n) is 2.65. The first kappa shape index (κ1) is 11.4. The van der Waals surface area contributed by atoms with Gasteiger partial charge in [-0.1, -0.05) is 30.7 Å². The molecule has 0 aromatic heterocycles. The molecule has 0 spiro atoms. The van der Waals surface area contributed by atoms with Crippen LogP contribution in [-0.2, 0) is 11.2 Å². The summed E-state index contributed by atoms with van der Waals surface area (Å²) in [5, 5.41) is 0. The predicted octanol–water partition coefficient (Wildman–Crippen LogP) is 3.46. The molecule has 1 saturated carbocycles. The van der Waals surface area contributed by atoms with E-state index in [1.54, 1.807) is 0 Å². The van der Waals surface area contributed by atoms with E-state index in [-0.39, 0.29) is 5.92 Å². The molecule has 0 bridgehead atoms. The van der Waals surface area contributed by atoms with Crippen LogP contribution in [0.4, 0.5) is 0 Å². The largest absolute Gasteiger partial charge is 0.299 e. The maximum atomic E-state index is 11.5. The van der Waals surface area contributed by atoms with Crippen molar-refractivity contribution in [2.24, 2.45) is 11.8 Å². The Kier molecular flexibility index (Phi) is 3.13. The van der Waals surface area contributed by atoms with Gasteiger partial charge in [0.1, 0.15) is 5.78 Å². The molecule has 2 atom stereocenters. The van der Waals surface area contributed by atoms with Crippen LogP contribution in [0.5, 0.6) is 0 Å². The highest BCUT2D eigenvalue weighted by Crippen LogP contribution is 2.32. The summed E-state index contributed by atoms with van der Waals surface area (Å²) in [7, 11) is 0. The standard InChI is InChI=1S/C15H20O/c1-10-4-5-11(2)14(8-10)9-13-6-7-15(16)12(13)3/h4-5,8,12-13H,6-7,9H2,1-3H3. The number of ketones is 1. The lowest BCUT2D eigenvalue weighted by atomic mass is 9.88. The number of carbonyl (C=O) groups is 1. The van der Waals surface area contributed by atoms with Crippen LogP contribution in [0, 0.1) is 25.7 Å². The van der Waals surface area contributed by atoms with Gasteiger partial charge in [-0.15, -0.1) is 0 Å². The van der Waals surface area contributed by atoms with Gasteiger partial charge in [0, 0.05) is 12.3 Å². The molecule has 0 saturated heterocycles. The zero-order chi connectivity index (χ0) is 11.7. The normalized spacial score (nSPS) is 25.1. The highest BCUT2D eigenvalue weighted by molar-refractivity contribution is 5.83. The second-order valence-corrected chi connectivity index (χ2v) is 5.19. The van der Waals surface area contributed by atoms with Gasteiger partial charge in [-0.3, -0.25) is 4.79 Å². The smallest absolute Gasteiger partial charge is 0.135 e. The quantitative estimate of drug-likeness (QED) is 0.740. The average Bonchev–Trinajstić information content (AvgIpc) is 2.55. The molecule has 16 heavy (non-hydrogen) atoms. The van der Waals surface area contributed by atoms with E-state index in [0.717, 1.165) is 19.3 Å². The van der Waals surface area contributed by atoms with Gasteiger partial charge in [0.05, 0.1) is 0 Å². The molecule has 1 aromatic carbocycles. The molecule has 0 N–H and O–H groups in total. The van der Waals surface area contributed by atoms with Crippen LogP contribution in [0.1, 0.15) is 36.5 Å². The number of carbonyl (C=O) groups excluding carboxylic acids is 1. The Labute approximate surface area is 97.9 Å². The molecule has 86 valence electrons. The van der Waals surface area contributed by atoms with Gasteiger partial charge in [-0.25, -0.2) is 0 Å². The molecule has 1 heteroatoms. The minimum atomic E-state index is 0.264. The van der Waals surface area contributed by atoms with Crippen molar-refractivity contribution in [2.75, 3.05) is 0 Å². The molecule has 1 aliphatic carbocycles. The van der Waals surface area contributed by atoms with E-state index in [9.17, 15) is 4.79 Å². The van der Waals surface area contributed by atoms with Crippen LogP contribution in [-0.4, -0.2) is 5.78 Å². The average molecular weight is 216 g/mol. The van der Waals surface area contributed by atoms with Crippen molar-refractivity contribution in [3.63, 3.8) is 0 Å². The Morgan fingerprint density at radius 2 is 2.06 bits per heavy atom. The molecule has 1 fully saturated rings. The fourth-order valence-corrected chi connectivity index (χ4v) is 2.65. The molecular weight excluding hydrogens is 196 g/mol. The summed E-state index contributed by atoms with van der Waals surface area (Å²) >= 11 is 0. The van der Waals surface area contributed by atoms with Crippen molar-refractivity contribution in [3.05, 3.63) is 34.9 Å². The molecule has 1 aliphatic rings. The number of aryl methyl sites for hydroxylation is 2. The van der Waals surface area contributed by atoms with Gasteiger partial charge in [0.15, 0.2) is 0 Å². The van der Waals surface area contributed by atoms with Crippen molar-refractivity contribution in [3.8, 4) is 0 Å². The van der Waals surface area contributed by atoms with Gasteiger partial charge in [-0.2, -0.15) is 0 Å². The lowest BCUT2D eigenvalue weighted by Gasteiger charge is -2.16. The van der Waals surface area contributed by atoms with E-state index in [1.165, 1.54) is 16.7 Å². The third-order valence-electron chi connectivity index (χ3n) is 3.96. The van der Waals surface area contributed by atoms with Gasteiger partial charge in [0.2, 0.25) is 0 Å². The molecule has 0 radical (unpaired) electrons. The molecule has 0 aliphatic heterocycles. The number of benzene rings is 1. The van der Waals surface area contributed by atoms with E-state index < -0.39 is 0 Å². The minimum Gasteiger partial charge on any atom is -0.299 e. The van der Waals surface area contributed by atoms with Crippen LogP contribution in [0.15, 0.2) is 18.2 Å². The lowest BCUT2D eigenvalue weighted by molar-refractivity contribution is -0.120. The summed E-state index contributed by atoms with van der Waals surface area (Å²) in [6.45, 7) is 6.38. The summed E-state index contributed by atoms with van der Waals surface area (Å²) in [6, 6.07) is 6.61. The molecular formula is C15H20O.